The number of hydrogen-bond acceptors (Lipinski definition) is 2. The first-order valence-corrected chi connectivity index (χ1v) is 10.7. The van der Waals surface area contributed by atoms with Crippen LogP contribution in [0.3, 0.4) is 0 Å². The topological polar surface area (TPSA) is 38.3 Å². The van der Waals surface area contributed by atoms with Crippen LogP contribution in [-0.2, 0) is 22.3 Å². The molecule has 0 bridgehead atoms. The third-order valence-electron chi connectivity index (χ3n) is 5.65. The SMILES string of the molecule is C=C[C@@H](OC1CCCCC1)[C@H](C(=O)NCc1ccccc1)c1ccc(C(F)(F)F)cc1. The molecule has 166 valence electrons. The number of rotatable bonds is 8. The average molecular weight is 431 g/mol. The standard InChI is InChI=1S/C25H28F3NO2/c1-2-22(31-21-11-7-4-8-12-21)23(19-13-15-20(16-14-19)25(26,27)28)24(30)29-17-18-9-5-3-6-10-18/h2-3,5-6,9-10,13-16,21-23H,1,4,7-8,11-12,17H2,(H,29,30)/t22-,23-/m1/s1. The highest BCUT2D eigenvalue weighted by Gasteiger charge is 2.34. The number of benzene rings is 2. The van der Waals surface area contributed by atoms with Gasteiger partial charge in [-0.1, -0.05) is 67.8 Å². The molecule has 1 amide bonds. The Bertz CT molecular complexity index is 843. The molecular weight excluding hydrogens is 403 g/mol. The van der Waals surface area contributed by atoms with Crippen molar-refractivity contribution in [1.29, 1.82) is 0 Å². The Hall–Kier alpha value is -2.60. The van der Waals surface area contributed by atoms with Crippen LogP contribution in [0, 0.1) is 0 Å². The highest BCUT2D eigenvalue weighted by molar-refractivity contribution is 5.84. The van der Waals surface area contributed by atoms with Crippen molar-refractivity contribution >= 4 is 5.91 Å². The molecule has 6 heteroatoms. The molecule has 1 fully saturated rings. The van der Waals surface area contributed by atoms with E-state index in [1.165, 1.54) is 18.6 Å². The number of alkyl halides is 3. The van der Waals surface area contributed by atoms with E-state index in [1.54, 1.807) is 6.08 Å². The molecule has 0 aromatic heterocycles. The van der Waals surface area contributed by atoms with Gasteiger partial charge in [0, 0.05) is 6.54 Å². The Labute approximate surface area is 181 Å². The van der Waals surface area contributed by atoms with Crippen LogP contribution in [0.5, 0.6) is 0 Å². The molecule has 2 aromatic carbocycles. The maximum absolute atomic E-state index is 13.2. The van der Waals surface area contributed by atoms with Crippen molar-refractivity contribution in [3.63, 3.8) is 0 Å². The number of halogens is 3. The molecule has 2 aromatic rings. The van der Waals surface area contributed by atoms with E-state index in [0.29, 0.717) is 12.1 Å². The van der Waals surface area contributed by atoms with Gasteiger partial charge in [-0.05, 0) is 36.1 Å². The van der Waals surface area contributed by atoms with Crippen molar-refractivity contribution in [3.05, 3.63) is 83.9 Å². The second-order valence-corrected chi connectivity index (χ2v) is 7.90. The lowest BCUT2D eigenvalue weighted by atomic mass is 9.90. The lowest BCUT2D eigenvalue weighted by Gasteiger charge is -2.30. The maximum atomic E-state index is 13.2. The van der Waals surface area contributed by atoms with Gasteiger partial charge in [0.15, 0.2) is 0 Å². The van der Waals surface area contributed by atoms with E-state index in [0.717, 1.165) is 43.4 Å². The molecule has 0 aliphatic heterocycles. The van der Waals surface area contributed by atoms with Gasteiger partial charge in [-0.3, -0.25) is 4.79 Å². The minimum absolute atomic E-state index is 0.0237. The van der Waals surface area contributed by atoms with E-state index in [-0.39, 0.29) is 12.0 Å². The minimum atomic E-state index is -4.43. The first kappa shape index (κ1) is 23.1. The molecule has 31 heavy (non-hydrogen) atoms. The summed E-state index contributed by atoms with van der Waals surface area (Å²) in [6, 6.07) is 14.2. The van der Waals surface area contributed by atoms with Crippen LogP contribution in [0.4, 0.5) is 13.2 Å². The van der Waals surface area contributed by atoms with Gasteiger partial charge in [-0.2, -0.15) is 13.2 Å². The van der Waals surface area contributed by atoms with Crippen molar-refractivity contribution < 1.29 is 22.7 Å². The third-order valence-corrected chi connectivity index (χ3v) is 5.65. The Kier molecular flexibility index (Phi) is 7.91. The lowest BCUT2D eigenvalue weighted by Crippen LogP contribution is -2.38. The van der Waals surface area contributed by atoms with Crippen LogP contribution in [-0.4, -0.2) is 18.1 Å². The average Bonchev–Trinajstić information content (AvgIpc) is 2.78. The zero-order valence-electron chi connectivity index (χ0n) is 17.4. The molecule has 0 spiro atoms. The van der Waals surface area contributed by atoms with E-state index >= 15 is 0 Å². The monoisotopic (exact) mass is 431 g/mol. The molecule has 2 atom stereocenters. The molecule has 1 aliphatic rings. The minimum Gasteiger partial charge on any atom is -0.370 e. The zero-order chi connectivity index (χ0) is 22.3. The first-order chi connectivity index (χ1) is 14.9. The Balaban J connectivity index is 1.82. The fourth-order valence-corrected chi connectivity index (χ4v) is 3.96. The predicted molar refractivity (Wildman–Crippen MR) is 114 cm³/mol. The second-order valence-electron chi connectivity index (χ2n) is 7.90. The number of carbonyl (C=O) groups excluding carboxylic acids is 1. The van der Waals surface area contributed by atoms with E-state index in [1.807, 2.05) is 30.3 Å². The largest absolute Gasteiger partial charge is 0.416 e. The molecule has 0 radical (unpaired) electrons. The van der Waals surface area contributed by atoms with Crippen LogP contribution in [0.2, 0.25) is 0 Å². The van der Waals surface area contributed by atoms with Gasteiger partial charge in [0.1, 0.15) is 0 Å². The van der Waals surface area contributed by atoms with Gasteiger partial charge >= 0.3 is 6.18 Å². The van der Waals surface area contributed by atoms with E-state index < -0.39 is 23.8 Å². The van der Waals surface area contributed by atoms with Crippen molar-refractivity contribution in [3.8, 4) is 0 Å². The number of nitrogens with one attached hydrogen (secondary N) is 1. The molecular formula is C25H28F3NO2. The third kappa shape index (κ3) is 6.44. The molecule has 3 nitrogen and oxygen atoms in total. The van der Waals surface area contributed by atoms with Crippen molar-refractivity contribution in [1.82, 2.24) is 5.32 Å². The smallest absolute Gasteiger partial charge is 0.370 e. The Morgan fingerprint density at radius 3 is 2.29 bits per heavy atom. The maximum Gasteiger partial charge on any atom is 0.416 e. The van der Waals surface area contributed by atoms with Gasteiger partial charge < -0.3 is 10.1 Å². The number of ether oxygens (including phenoxy) is 1. The number of carbonyl (C=O) groups is 1. The van der Waals surface area contributed by atoms with Crippen molar-refractivity contribution in [2.24, 2.45) is 0 Å². The van der Waals surface area contributed by atoms with Gasteiger partial charge in [0.25, 0.3) is 0 Å². The molecule has 0 saturated heterocycles. The molecule has 1 saturated carbocycles. The first-order valence-electron chi connectivity index (χ1n) is 10.7. The summed E-state index contributed by atoms with van der Waals surface area (Å²) in [4.78, 5) is 13.2. The molecule has 0 unspecified atom stereocenters. The van der Waals surface area contributed by atoms with E-state index in [2.05, 4.69) is 11.9 Å². The van der Waals surface area contributed by atoms with Crippen LogP contribution < -0.4 is 5.32 Å². The Morgan fingerprint density at radius 2 is 1.71 bits per heavy atom. The normalized spacial score (nSPS) is 17.0. The van der Waals surface area contributed by atoms with Gasteiger partial charge in [-0.15, -0.1) is 6.58 Å². The quantitative estimate of drug-likeness (QED) is 0.520. The van der Waals surface area contributed by atoms with Gasteiger partial charge in [0.2, 0.25) is 5.91 Å². The summed E-state index contributed by atoms with van der Waals surface area (Å²) >= 11 is 0. The van der Waals surface area contributed by atoms with Gasteiger partial charge in [-0.25, -0.2) is 0 Å². The summed E-state index contributed by atoms with van der Waals surface area (Å²) in [6.45, 7) is 4.17. The molecule has 1 aliphatic carbocycles. The van der Waals surface area contributed by atoms with Crippen molar-refractivity contribution in [2.45, 2.75) is 63.0 Å². The number of hydrogen-bond donors (Lipinski definition) is 1. The summed E-state index contributed by atoms with van der Waals surface area (Å²) in [7, 11) is 0. The molecule has 3 rings (SSSR count). The fourth-order valence-electron chi connectivity index (χ4n) is 3.96. The number of amides is 1. The van der Waals surface area contributed by atoms with Crippen LogP contribution >= 0.6 is 0 Å². The molecule has 0 heterocycles. The summed E-state index contributed by atoms with van der Waals surface area (Å²) in [5.74, 6) is -1.09. The highest BCUT2D eigenvalue weighted by Crippen LogP contribution is 2.33. The van der Waals surface area contributed by atoms with Crippen LogP contribution in [0.15, 0.2) is 67.3 Å². The van der Waals surface area contributed by atoms with Gasteiger partial charge in [0.05, 0.1) is 23.7 Å². The van der Waals surface area contributed by atoms with E-state index in [4.69, 9.17) is 4.74 Å². The summed E-state index contributed by atoms with van der Waals surface area (Å²) < 4.78 is 45.2. The van der Waals surface area contributed by atoms with Crippen LogP contribution in [0.25, 0.3) is 0 Å². The zero-order valence-corrected chi connectivity index (χ0v) is 17.4. The fraction of sp³-hybridized carbons (Fsp3) is 0.400. The summed E-state index contributed by atoms with van der Waals surface area (Å²) in [5.41, 5.74) is 0.660. The van der Waals surface area contributed by atoms with Crippen LogP contribution in [0.1, 0.15) is 54.7 Å². The summed E-state index contributed by atoms with van der Waals surface area (Å²) in [5, 5.41) is 2.91. The van der Waals surface area contributed by atoms with Crippen molar-refractivity contribution in [2.75, 3.05) is 0 Å². The highest BCUT2D eigenvalue weighted by atomic mass is 19.4. The Morgan fingerprint density at radius 1 is 1.06 bits per heavy atom. The molecule has 1 N–H and O–H groups in total. The second kappa shape index (κ2) is 10.6. The van der Waals surface area contributed by atoms with E-state index in [9.17, 15) is 18.0 Å². The summed E-state index contributed by atoms with van der Waals surface area (Å²) in [6.07, 6.45) is 1.67. The lowest BCUT2D eigenvalue weighted by molar-refractivity contribution is -0.137. The predicted octanol–water partition coefficient (Wildman–Crippen LogP) is 6.01.